The Morgan fingerprint density at radius 1 is 1.50 bits per heavy atom. The third-order valence-electron chi connectivity index (χ3n) is 0.765. The van der Waals surface area contributed by atoms with Gasteiger partial charge < -0.3 is 10.00 Å². The summed E-state index contributed by atoms with van der Waals surface area (Å²) in [5.41, 5.74) is -1.13. The predicted octanol–water partition coefficient (Wildman–Crippen LogP) is -0.112. The van der Waals surface area contributed by atoms with Gasteiger partial charge in [-0.05, 0) is 0 Å². The highest BCUT2D eigenvalue weighted by Crippen LogP contribution is 2.37. The van der Waals surface area contributed by atoms with Crippen molar-refractivity contribution in [2.75, 3.05) is 6.66 Å². The van der Waals surface area contributed by atoms with Crippen molar-refractivity contribution < 1.29 is 24.2 Å². The summed E-state index contributed by atoms with van der Waals surface area (Å²) in [6, 6.07) is 0. The number of carboxylic acids is 1. The molecule has 2 N–H and O–H groups in total. The topological polar surface area (TPSA) is 91.7 Å². The van der Waals surface area contributed by atoms with Gasteiger partial charge in [-0.15, -0.1) is 0 Å². The van der Waals surface area contributed by atoms with Gasteiger partial charge in [0.25, 0.3) is 7.37 Å². The van der Waals surface area contributed by atoms with Crippen LogP contribution in [-0.2, 0) is 14.2 Å². The average molecular weight is 166 g/mol. The zero-order valence-corrected chi connectivity index (χ0v) is 6.17. The van der Waals surface area contributed by atoms with Crippen molar-refractivity contribution in [3.05, 3.63) is 0 Å². The maximum absolute atomic E-state index is 10.4. The summed E-state index contributed by atoms with van der Waals surface area (Å²) in [6.07, 6.45) is -0.885. The van der Waals surface area contributed by atoms with Gasteiger partial charge in [-0.25, -0.2) is 0 Å². The predicted molar refractivity (Wildman–Crippen MR) is 33.0 cm³/mol. The van der Waals surface area contributed by atoms with E-state index < -0.39 is 25.3 Å². The highest BCUT2D eigenvalue weighted by Gasteiger charge is 2.23. The number of rotatable bonds is 3. The van der Waals surface area contributed by atoms with E-state index in [1.807, 2.05) is 0 Å². The second kappa shape index (κ2) is 2.94. The molecule has 0 aromatic rings. The van der Waals surface area contributed by atoms with E-state index in [2.05, 4.69) is 0 Å². The SMILES string of the molecule is CP(=O)(O)C(=O)CC(=O)O. The number of aliphatic carboxylic acids is 1. The average Bonchev–Trinajstić information content (AvgIpc) is 1.60. The van der Waals surface area contributed by atoms with E-state index in [1.54, 1.807) is 0 Å². The third-order valence-corrected chi connectivity index (χ3v) is 1.85. The van der Waals surface area contributed by atoms with Gasteiger partial charge in [0.15, 0.2) is 0 Å². The van der Waals surface area contributed by atoms with E-state index in [0.717, 1.165) is 6.66 Å². The minimum atomic E-state index is -3.83. The molecule has 0 rings (SSSR count). The molecule has 0 aliphatic carbocycles. The van der Waals surface area contributed by atoms with Crippen molar-refractivity contribution in [1.29, 1.82) is 0 Å². The lowest BCUT2D eigenvalue weighted by atomic mass is 10.5. The van der Waals surface area contributed by atoms with E-state index in [0.29, 0.717) is 0 Å². The van der Waals surface area contributed by atoms with E-state index in [1.165, 1.54) is 0 Å². The van der Waals surface area contributed by atoms with Crippen molar-refractivity contribution in [3.8, 4) is 0 Å². The molecule has 0 radical (unpaired) electrons. The molecule has 0 aromatic heterocycles. The second-order valence-electron chi connectivity index (χ2n) is 1.84. The van der Waals surface area contributed by atoms with Gasteiger partial charge in [-0.2, -0.15) is 0 Å². The van der Waals surface area contributed by atoms with Crippen LogP contribution >= 0.6 is 7.37 Å². The largest absolute Gasteiger partial charge is 0.481 e. The van der Waals surface area contributed by atoms with Crippen molar-refractivity contribution in [2.24, 2.45) is 0 Å². The summed E-state index contributed by atoms with van der Waals surface area (Å²) in [4.78, 5) is 28.7. The van der Waals surface area contributed by atoms with Crippen LogP contribution in [0.2, 0.25) is 0 Å². The molecule has 1 atom stereocenters. The van der Waals surface area contributed by atoms with Gasteiger partial charge in [0.1, 0.15) is 6.42 Å². The zero-order chi connectivity index (χ0) is 8.36. The van der Waals surface area contributed by atoms with Crippen LogP contribution in [-0.4, -0.2) is 28.2 Å². The van der Waals surface area contributed by atoms with Crippen LogP contribution in [0.1, 0.15) is 6.42 Å². The van der Waals surface area contributed by atoms with E-state index >= 15 is 0 Å². The summed E-state index contributed by atoms with van der Waals surface area (Å²) in [7, 11) is -3.83. The molecule has 0 saturated heterocycles. The molecule has 0 saturated carbocycles. The minimum absolute atomic E-state index is 0.818. The molecule has 0 bridgehead atoms. The fraction of sp³-hybridized carbons (Fsp3) is 0.500. The molecule has 0 spiro atoms. The summed E-state index contributed by atoms with van der Waals surface area (Å²) >= 11 is 0. The van der Waals surface area contributed by atoms with Gasteiger partial charge in [0, 0.05) is 6.66 Å². The number of carbonyl (C=O) groups excluding carboxylic acids is 1. The highest BCUT2D eigenvalue weighted by molar-refractivity contribution is 7.74. The molecule has 0 aliphatic rings. The van der Waals surface area contributed by atoms with Crippen LogP contribution in [0, 0.1) is 0 Å². The summed E-state index contributed by atoms with van der Waals surface area (Å²) < 4.78 is 10.4. The van der Waals surface area contributed by atoms with Crippen molar-refractivity contribution in [2.45, 2.75) is 6.42 Å². The third kappa shape index (κ3) is 3.37. The molecule has 0 aliphatic heterocycles. The Hall–Kier alpha value is -0.670. The van der Waals surface area contributed by atoms with Crippen LogP contribution in [0.3, 0.4) is 0 Å². The molecule has 58 valence electrons. The molecule has 10 heavy (non-hydrogen) atoms. The summed E-state index contributed by atoms with van der Waals surface area (Å²) in [6.45, 7) is 0.818. The molecule has 5 nitrogen and oxygen atoms in total. The molecule has 0 amide bonds. The molecule has 0 fully saturated rings. The molecular formula is C4H7O5P. The lowest BCUT2D eigenvalue weighted by Gasteiger charge is -1.98. The van der Waals surface area contributed by atoms with Crippen LogP contribution in [0.4, 0.5) is 0 Å². The molecule has 0 heterocycles. The molecule has 0 aromatic carbocycles. The molecule has 6 heteroatoms. The van der Waals surface area contributed by atoms with Crippen molar-refractivity contribution in [1.82, 2.24) is 0 Å². The molecule has 1 unspecified atom stereocenters. The Labute approximate surface area is 57.1 Å². The second-order valence-corrected chi connectivity index (χ2v) is 4.10. The first-order chi connectivity index (χ1) is 4.34. The van der Waals surface area contributed by atoms with Crippen molar-refractivity contribution >= 4 is 18.9 Å². The van der Waals surface area contributed by atoms with Crippen LogP contribution < -0.4 is 0 Å². The van der Waals surface area contributed by atoms with Gasteiger partial charge in [-0.3, -0.25) is 14.2 Å². The van der Waals surface area contributed by atoms with Gasteiger partial charge in [0.2, 0.25) is 5.52 Å². The van der Waals surface area contributed by atoms with Gasteiger partial charge >= 0.3 is 5.97 Å². The van der Waals surface area contributed by atoms with Crippen molar-refractivity contribution in [3.63, 3.8) is 0 Å². The number of carboxylic acid groups (broad SMARTS) is 1. The standard InChI is InChI=1S/C4H7O5P/c1-10(8,9)4(7)2-3(5)6/h2H2,1H3,(H,5,6)(H,8,9). The number of carbonyl (C=O) groups is 2. The smallest absolute Gasteiger partial charge is 0.311 e. The Morgan fingerprint density at radius 3 is 2.00 bits per heavy atom. The summed E-state index contributed by atoms with van der Waals surface area (Å²) in [5, 5.41) is 7.99. The van der Waals surface area contributed by atoms with E-state index in [4.69, 9.17) is 10.00 Å². The Morgan fingerprint density at radius 2 is 1.90 bits per heavy atom. The van der Waals surface area contributed by atoms with Crippen LogP contribution in [0.5, 0.6) is 0 Å². The number of hydrogen-bond donors (Lipinski definition) is 2. The highest BCUT2D eigenvalue weighted by atomic mass is 31.2. The van der Waals surface area contributed by atoms with E-state index in [9.17, 15) is 14.2 Å². The van der Waals surface area contributed by atoms with Gasteiger partial charge in [0.05, 0.1) is 0 Å². The quantitative estimate of drug-likeness (QED) is 0.450. The normalized spacial score (nSPS) is 15.8. The van der Waals surface area contributed by atoms with Crippen LogP contribution in [0.15, 0.2) is 0 Å². The fourth-order valence-electron chi connectivity index (χ4n) is 0.276. The van der Waals surface area contributed by atoms with Crippen LogP contribution in [0.25, 0.3) is 0 Å². The Balaban J connectivity index is 4.13. The minimum Gasteiger partial charge on any atom is -0.481 e. The zero-order valence-electron chi connectivity index (χ0n) is 5.27. The first-order valence-corrected chi connectivity index (χ1v) is 4.50. The number of hydrogen-bond acceptors (Lipinski definition) is 3. The first-order valence-electron chi connectivity index (χ1n) is 2.39. The van der Waals surface area contributed by atoms with E-state index in [-0.39, 0.29) is 0 Å². The summed E-state index contributed by atoms with van der Waals surface area (Å²) in [5.74, 6) is -1.39. The maximum atomic E-state index is 10.4. The molecular weight excluding hydrogens is 159 g/mol. The lowest BCUT2D eigenvalue weighted by Crippen LogP contribution is -2.06. The first kappa shape index (κ1) is 9.33. The maximum Gasteiger partial charge on any atom is 0.311 e. The Bertz CT molecular complexity index is 202. The van der Waals surface area contributed by atoms with Gasteiger partial charge in [-0.1, -0.05) is 0 Å². The Kier molecular flexibility index (Phi) is 2.75. The fourth-order valence-corrected chi connectivity index (χ4v) is 0.705. The lowest BCUT2D eigenvalue weighted by molar-refractivity contribution is -0.138. The monoisotopic (exact) mass is 166 g/mol.